The third-order valence-corrected chi connectivity index (χ3v) is 4.32. The van der Waals surface area contributed by atoms with E-state index in [0.29, 0.717) is 6.54 Å². The Kier molecular flexibility index (Phi) is 5.71. The van der Waals surface area contributed by atoms with Gasteiger partial charge < -0.3 is 5.11 Å². The average Bonchev–Trinajstić information content (AvgIpc) is 2.67. The highest BCUT2D eigenvalue weighted by Gasteiger charge is 2.17. The van der Waals surface area contributed by atoms with Gasteiger partial charge in [-0.1, -0.05) is 0 Å². The topological polar surface area (TPSA) is 57.6 Å². The van der Waals surface area contributed by atoms with Crippen LogP contribution in [0.3, 0.4) is 0 Å². The predicted octanol–water partition coefficient (Wildman–Crippen LogP) is 1.54. The fourth-order valence-electron chi connectivity index (χ4n) is 1.57. The van der Waals surface area contributed by atoms with E-state index < -0.39 is 16.0 Å². The second kappa shape index (κ2) is 6.60. The van der Waals surface area contributed by atoms with Gasteiger partial charge in [-0.15, -0.1) is 15.2 Å². The van der Waals surface area contributed by atoms with Crippen LogP contribution in [0.25, 0.3) is 0 Å². The summed E-state index contributed by atoms with van der Waals surface area (Å²) in [5.41, 5.74) is 0. The van der Waals surface area contributed by atoms with Crippen LogP contribution in [0.2, 0.25) is 0 Å². The normalized spacial score (nSPS) is 14.1. The van der Waals surface area contributed by atoms with Crippen LogP contribution in [0.4, 0.5) is 3.89 Å². The maximum Gasteiger partial charge on any atom is 0.303 e. The van der Waals surface area contributed by atoms with E-state index in [9.17, 15) is 12.3 Å². The summed E-state index contributed by atoms with van der Waals surface area (Å²) in [5, 5.41) is 9.14. The summed E-state index contributed by atoms with van der Waals surface area (Å²) < 4.78 is 33.6. The van der Waals surface area contributed by atoms with Gasteiger partial charge in [0.15, 0.2) is 0 Å². The number of aliphatic hydroxyl groups excluding tert-OH is 1. The SMILES string of the molecule is Cc1ccc(CN(CCS(=O)(=O)F)[C@H](C)CO)s1. The van der Waals surface area contributed by atoms with E-state index in [1.165, 1.54) is 4.88 Å². The van der Waals surface area contributed by atoms with E-state index in [4.69, 9.17) is 5.11 Å². The van der Waals surface area contributed by atoms with E-state index in [1.54, 1.807) is 23.2 Å². The number of aliphatic hydroxyl groups is 1. The zero-order chi connectivity index (χ0) is 13.8. The van der Waals surface area contributed by atoms with Crippen molar-refractivity contribution in [2.24, 2.45) is 0 Å². The van der Waals surface area contributed by atoms with Crippen molar-refractivity contribution in [3.8, 4) is 0 Å². The quantitative estimate of drug-likeness (QED) is 0.775. The second-order valence-corrected chi connectivity index (χ2v) is 7.12. The number of rotatable bonds is 7. The Labute approximate surface area is 111 Å². The molecule has 0 spiro atoms. The number of nitrogens with zero attached hydrogens (tertiary/aromatic N) is 1. The number of halogens is 1. The van der Waals surface area contributed by atoms with Crippen molar-refractivity contribution in [3.63, 3.8) is 0 Å². The van der Waals surface area contributed by atoms with E-state index in [-0.39, 0.29) is 19.2 Å². The Bertz CT molecular complexity index is 472. The van der Waals surface area contributed by atoms with Crippen LogP contribution in [0.1, 0.15) is 16.7 Å². The number of hydrogen-bond acceptors (Lipinski definition) is 5. The van der Waals surface area contributed by atoms with E-state index in [1.807, 2.05) is 19.1 Å². The van der Waals surface area contributed by atoms with Gasteiger partial charge in [-0.3, -0.25) is 4.90 Å². The van der Waals surface area contributed by atoms with Gasteiger partial charge in [0, 0.05) is 28.9 Å². The molecule has 0 amide bonds. The zero-order valence-corrected chi connectivity index (χ0v) is 12.1. The summed E-state index contributed by atoms with van der Waals surface area (Å²) in [5.74, 6) is -0.540. The van der Waals surface area contributed by atoms with Crippen LogP contribution in [0.5, 0.6) is 0 Å². The van der Waals surface area contributed by atoms with Gasteiger partial charge in [0.05, 0.1) is 12.4 Å². The van der Waals surface area contributed by atoms with Gasteiger partial charge in [0.2, 0.25) is 0 Å². The Morgan fingerprint density at radius 2 is 2.17 bits per heavy atom. The molecular weight excluding hydrogens is 277 g/mol. The largest absolute Gasteiger partial charge is 0.395 e. The fraction of sp³-hybridized carbons (Fsp3) is 0.636. The van der Waals surface area contributed by atoms with E-state index in [2.05, 4.69) is 0 Å². The van der Waals surface area contributed by atoms with Crippen molar-refractivity contribution >= 4 is 21.6 Å². The van der Waals surface area contributed by atoms with Crippen LogP contribution < -0.4 is 0 Å². The molecular formula is C11H18FNO3S2. The van der Waals surface area contributed by atoms with Gasteiger partial charge in [0.1, 0.15) is 0 Å². The minimum Gasteiger partial charge on any atom is -0.395 e. The molecule has 0 saturated carbocycles. The lowest BCUT2D eigenvalue weighted by Crippen LogP contribution is -2.37. The molecule has 0 aliphatic rings. The summed E-state index contributed by atoms with van der Waals surface area (Å²) in [7, 11) is -4.47. The summed E-state index contributed by atoms with van der Waals surface area (Å²) >= 11 is 1.61. The van der Waals surface area contributed by atoms with Gasteiger partial charge >= 0.3 is 10.2 Å². The third-order valence-electron chi connectivity index (χ3n) is 2.66. The number of hydrogen-bond donors (Lipinski definition) is 1. The Balaban J connectivity index is 2.66. The molecule has 104 valence electrons. The minimum absolute atomic E-state index is 0.0809. The summed E-state index contributed by atoms with van der Waals surface area (Å²) in [6, 6.07) is 3.74. The molecule has 18 heavy (non-hydrogen) atoms. The minimum atomic E-state index is -4.47. The Morgan fingerprint density at radius 1 is 1.50 bits per heavy atom. The van der Waals surface area contributed by atoms with Gasteiger partial charge in [-0.2, -0.15) is 8.42 Å². The first kappa shape index (κ1) is 15.6. The maximum absolute atomic E-state index is 12.5. The Morgan fingerprint density at radius 3 is 2.61 bits per heavy atom. The van der Waals surface area contributed by atoms with Gasteiger partial charge in [0.25, 0.3) is 0 Å². The Hall–Kier alpha value is -0.500. The molecule has 0 bridgehead atoms. The molecule has 0 aromatic carbocycles. The van der Waals surface area contributed by atoms with Crippen LogP contribution >= 0.6 is 11.3 Å². The van der Waals surface area contributed by atoms with Crippen LogP contribution in [0.15, 0.2) is 12.1 Å². The van der Waals surface area contributed by atoms with Crippen LogP contribution in [-0.4, -0.2) is 43.4 Å². The lowest BCUT2D eigenvalue weighted by Gasteiger charge is -2.26. The third kappa shape index (κ3) is 5.43. The van der Waals surface area contributed by atoms with Crippen LogP contribution in [-0.2, 0) is 16.8 Å². The molecule has 0 saturated heterocycles. The maximum atomic E-state index is 12.5. The standard InChI is InChI=1S/C11H18FNO3S2/c1-9(8-14)13(5-6-18(12,15)16)7-11-4-3-10(2)17-11/h3-4,9,14H,5-8H2,1-2H3/t9-/m1/s1. The number of aryl methyl sites for hydroxylation is 1. The van der Waals surface area contributed by atoms with Gasteiger partial charge in [-0.05, 0) is 26.0 Å². The first-order valence-corrected chi connectivity index (χ1v) is 8.01. The fourth-order valence-corrected chi connectivity index (χ4v) is 2.94. The van der Waals surface area contributed by atoms with Crippen molar-refractivity contribution < 1.29 is 17.4 Å². The van der Waals surface area contributed by atoms with Gasteiger partial charge in [-0.25, -0.2) is 0 Å². The van der Waals surface area contributed by atoms with Crippen molar-refractivity contribution in [1.29, 1.82) is 0 Å². The highest BCUT2D eigenvalue weighted by molar-refractivity contribution is 7.86. The molecule has 1 aromatic rings. The second-order valence-electron chi connectivity index (χ2n) is 4.26. The number of thiophene rings is 1. The van der Waals surface area contributed by atoms with Crippen LogP contribution in [0, 0.1) is 6.92 Å². The summed E-state index contributed by atoms with van der Waals surface area (Å²) in [4.78, 5) is 4.01. The zero-order valence-electron chi connectivity index (χ0n) is 10.5. The molecule has 0 aliphatic carbocycles. The molecule has 7 heteroatoms. The average molecular weight is 295 g/mol. The van der Waals surface area contributed by atoms with Crippen molar-refractivity contribution in [1.82, 2.24) is 4.90 Å². The smallest absolute Gasteiger partial charge is 0.303 e. The molecule has 1 rings (SSSR count). The molecule has 1 N–H and O–H groups in total. The summed E-state index contributed by atoms with van der Waals surface area (Å²) in [6.45, 7) is 4.29. The predicted molar refractivity (Wildman–Crippen MR) is 70.9 cm³/mol. The molecule has 0 aliphatic heterocycles. The molecule has 1 aromatic heterocycles. The molecule has 1 heterocycles. The van der Waals surface area contributed by atoms with Crippen molar-refractivity contribution in [3.05, 3.63) is 21.9 Å². The molecule has 1 atom stereocenters. The highest BCUT2D eigenvalue weighted by atomic mass is 32.3. The lowest BCUT2D eigenvalue weighted by atomic mass is 10.3. The first-order valence-electron chi connectivity index (χ1n) is 5.64. The molecule has 0 fully saturated rings. The molecule has 4 nitrogen and oxygen atoms in total. The highest BCUT2D eigenvalue weighted by Crippen LogP contribution is 2.18. The van der Waals surface area contributed by atoms with Crippen molar-refractivity contribution in [2.45, 2.75) is 26.4 Å². The van der Waals surface area contributed by atoms with Crippen molar-refractivity contribution in [2.75, 3.05) is 18.9 Å². The summed E-state index contributed by atoms with van der Waals surface area (Å²) in [6.07, 6.45) is 0. The first-order chi connectivity index (χ1) is 8.31. The molecule has 0 radical (unpaired) electrons. The monoisotopic (exact) mass is 295 g/mol. The van der Waals surface area contributed by atoms with E-state index >= 15 is 0 Å². The lowest BCUT2D eigenvalue weighted by molar-refractivity contribution is 0.135. The molecule has 0 unspecified atom stereocenters. The van der Waals surface area contributed by atoms with E-state index in [0.717, 1.165) is 4.88 Å².